The molecule has 4 nitrogen and oxygen atoms in total. The molecule has 0 aromatic heterocycles. The van der Waals surface area contributed by atoms with E-state index in [2.05, 4.69) is 5.32 Å². The largest absolute Gasteiger partial charge is 0.343 e. The Labute approximate surface area is 103 Å². The molecule has 6 heteroatoms. The van der Waals surface area contributed by atoms with Gasteiger partial charge in [-0.2, -0.15) is 0 Å². The summed E-state index contributed by atoms with van der Waals surface area (Å²) in [6.07, 6.45) is 0. The SMILES string of the molecule is CC1NC(=O)CN(Cc2cc(F)ccc2F)C1=O. The summed E-state index contributed by atoms with van der Waals surface area (Å²) in [7, 11) is 0. The quantitative estimate of drug-likeness (QED) is 0.849. The van der Waals surface area contributed by atoms with Crippen molar-refractivity contribution < 1.29 is 18.4 Å². The fourth-order valence-electron chi connectivity index (χ4n) is 1.88. The van der Waals surface area contributed by atoms with Gasteiger partial charge in [0.2, 0.25) is 11.8 Å². The molecule has 1 aromatic carbocycles. The summed E-state index contributed by atoms with van der Waals surface area (Å²) in [5.74, 6) is -1.78. The topological polar surface area (TPSA) is 49.4 Å². The van der Waals surface area contributed by atoms with Crippen LogP contribution in [0.25, 0.3) is 0 Å². The van der Waals surface area contributed by atoms with Crippen molar-refractivity contribution in [3.8, 4) is 0 Å². The number of nitrogens with zero attached hydrogens (tertiary/aromatic N) is 1. The summed E-state index contributed by atoms with van der Waals surface area (Å²) in [5, 5.41) is 2.47. The van der Waals surface area contributed by atoms with Gasteiger partial charge in [-0.05, 0) is 25.1 Å². The molecule has 1 aliphatic heterocycles. The Balaban J connectivity index is 2.19. The minimum Gasteiger partial charge on any atom is -0.343 e. The first-order chi connectivity index (χ1) is 8.47. The van der Waals surface area contributed by atoms with Crippen molar-refractivity contribution in [1.29, 1.82) is 0 Å². The number of rotatable bonds is 2. The molecule has 0 spiro atoms. The van der Waals surface area contributed by atoms with Gasteiger partial charge in [-0.25, -0.2) is 8.78 Å². The van der Waals surface area contributed by atoms with E-state index in [-0.39, 0.29) is 30.5 Å². The van der Waals surface area contributed by atoms with Crippen LogP contribution in [0.15, 0.2) is 18.2 Å². The first kappa shape index (κ1) is 12.5. The van der Waals surface area contributed by atoms with E-state index in [0.717, 1.165) is 18.2 Å². The third kappa shape index (κ3) is 2.47. The molecule has 2 amide bonds. The third-order valence-corrected chi connectivity index (χ3v) is 2.76. The number of nitrogens with one attached hydrogen (secondary N) is 1. The average Bonchev–Trinajstić information content (AvgIpc) is 2.30. The highest BCUT2D eigenvalue weighted by Gasteiger charge is 2.29. The van der Waals surface area contributed by atoms with Crippen LogP contribution >= 0.6 is 0 Å². The molecule has 2 rings (SSSR count). The molecular formula is C12H12F2N2O2. The highest BCUT2D eigenvalue weighted by atomic mass is 19.1. The Morgan fingerprint density at radius 1 is 1.39 bits per heavy atom. The molecule has 1 aliphatic rings. The number of benzene rings is 1. The third-order valence-electron chi connectivity index (χ3n) is 2.76. The van der Waals surface area contributed by atoms with Gasteiger partial charge >= 0.3 is 0 Å². The lowest BCUT2D eigenvalue weighted by Crippen LogP contribution is -2.56. The minimum absolute atomic E-state index is 0.0604. The Morgan fingerprint density at radius 3 is 2.83 bits per heavy atom. The van der Waals surface area contributed by atoms with Gasteiger partial charge in [-0.15, -0.1) is 0 Å². The second-order valence-electron chi connectivity index (χ2n) is 4.22. The van der Waals surface area contributed by atoms with Crippen LogP contribution in [0.1, 0.15) is 12.5 Å². The predicted molar refractivity (Wildman–Crippen MR) is 59.4 cm³/mol. The maximum absolute atomic E-state index is 13.4. The van der Waals surface area contributed by atoms with Gasteiger partial charge in [0.05, 0.1) is 6.54 Å². The standard InChI is InChI=1S/C12H12F2N2O2/c1-7-12(18)16(6-11(17)15-7)5-8-4-9(13)2-3-10(8)14/h2-4,7H,5-6H2,1H3,(H,15,17). The molecule has 1 saturated heterocycles. The van der Waals surface area contributed by atoms with E-state index in [1.54, 1.807) is 6.92 Å². The van der Waals surface area contributed by atoms with E-state index in [1.165, 1.54) is 4.90 Å². The van der Waals surface area contributed by atoms with Crippen LogP contribution in [0, 0.1) is 11.6 Å². The zero-order chi connectivity index (χ0) is 13.3. The summed E-state index contributed by atoms with van der Waals surface area (Å²) < 4.78 is 26.4. The van der Waals surface area contributed by atoms with Crippen LogP contribution in [0.2, 0.25) is 0 Å². The van der Waals surface area contributed by atoms with Gasteiger partial charge in [-0.1, -0.05) is 0 Å². The normalized spacial score (nSPS) is 19.9. The molecule has 1 fully saturated rings. The Hall–Kier alpha value is -1.98. The molecule has 18 heavy (non-hydrogen) atoms. The van der Waals surface area contributed by atoms with E-state index < -0.39 is 17.7 Å². The Bertz CT molecular complexity index is 505. The van der Waals surface area contributed by atoms with Gasteiger partial charge in [-0.3, -0.25) is 9.59 Å². The molecule has 1 N–H and O–H groups in total. The highest BCUT2D eigenvalue weighted by molar-refractivity contribution is 5.94. The van der Waals surface area contributed by atoms with Crippen LogP contribution in [0.3, 0.4) is 0 Å². The summed E-state index contributed by atoms with van der Waals surface area (Å²) in [6.45, 7) is 1.30. The molecule has 1 heterocycles. The highest BCUT2D eigenvalue weighted by Crippen LogP contribution is 2.14. The van der Waals surface area contributed by atoms with Gasteiger partial charge in [0, 0.05) is 12.1 Å². The smallest absolute Gasteiger partial charge is 0.245 e. The fourth-order valence-corrected chi connectivity index (χ4v) is 1.88. The number of piperazine rings is 1. The molecule has 96 valence electrons. The van der Waals surface area contributed by atoms with Gasteiger partial charge in [0.15, 0.2) is 0 Å². The molecule has 0 aliphatic carbocycles. The first-order valence-electron chi connectivity index (χ1n) is 5.49. The summed E-state index contributed by atoms with van der Waals surface area (Å²) in [5.41, 5.74) is 0.0604. The van der Waals surface area contributed by atoms with Crippen molar-refractivity contribution in [2.75, 3.05) is 6.54 Å². The van der Waals surface area contributed by atoms with Crippen molar-refractivity contribution in [3.05, 3.63) is 35.4 Å². The number of hydrogen-bond donors (Lipinski definition) is 1. The van der Waals surface area contributed by atoms with Crippen LogP contribution in [-0.2, 0) is 16.1 Å². The zero-order valence-electron chi connectivity index (χ0n) is 9.74. The van der Waals surface area contributed by atoms with Crippen LogP contribution in [0.4, 0.5) is 8.78 Å². The molecule has 1 aromatic rings. The summed E-state index contributed by atoms with van der Waals surface area (Å²) >= 11 is 0. The number of hydrogen-bond acceptors (Lipinski definition) is 2. The van der Waals surface area contributed by atoms with Gasteiger partial charge < -0.3 is 10.2 Å². The second-order valence-corrected chi connectivity index (χ2v) is 4.22. The van der Waals surface area contributed by atoms with Crippen molar-refractivity contribution in [2.24, 2.45) is 0 Å². The van der Waals surface area contributed by atoms with E-state index in [0.29, 0.717) is 0 Å². The maximum Gasteiger partial charge on any atom is 0.245 e. The minimum atomic E-state index is -0.636. The lowest BCUT2D eigenvalue weighted by atomic mass is 10.1. The van der Waals surface area contributed by atoms with Gasteiger partial charge in [0.25, 0.3) is 0 Å². The predicted octanol–water partition coefficient (Wildman–Crippen LogP) is 0.812. The lowest BCUT2D eigenvalue weighted by molar-refractivity contribution is -0.144. The Morgan fingerprint density at radius 2 is 2.11 bits per heavy atom. The first-order valence-corrected chi connectivity index (χ1v) is 5.49. The maximum atomic E-state index is 13.4. The van der Waals surface area contributed by atoms with E-state index in [4.69, 9.17) is 0 Å². The van der Waals surface area contributed by atoms with Crippen molar-refractivity contribution in [3.63, 3.8) is 0 Å². The molecule has 0 radical (unpaired) electrons. The molecule has 0 bridgehead atoms. The van der Waals surface area contributed by atoms with Crippen LogP contribution in [0.5, 0.6) is 0 Å². The lowest BCUT2D eigenvalue weighted by Gasteiger charge is -2.30. The van der Waals surface area contributed by atoms with Crippen molar-refractivity contribution in [2.45, 2.75) is 19.5 Å². The summed E-state index contributed by atoms with van der Waals surface area (Å²) in [4.78, 5) is 24.3. The van der Waals surface area contributed by atoms with Crippen LogP contribution < -0.4 is 5.32 Å². The number of carbonyl (C=O) groups excluding carboxylic acids is 2. The van der Waals surface area contributed by atoms with Crippen molar-refractivity contribution >= 4 is 11.8 Å². The molecule has 1 unspecified atom stereocenters. The van der Waals surface area contributed by atoms with E-state index in [1.807, 2.05) is 0 Å². The van der Waals surface area contributed by atoms with E-state index in [9.17, 15) is 18.4 Å². The molecule has 0 saturated carbocycles. The number of halogens is 2. The van der Waals surface area contributed by atoms with E-state index >= 15 is 0 Å². The Kier molecular flexibility index (Phi) is 3.27. The number of carbonyl (C=O) groups is 2. The zero-order valence-corrected chi connectivity index (χ0v) is 9.74. The van der Waals surface area contributed by atoms with Crippen molar-refractivity contribution in [1.82, 2.24) is 10.2 Å². The molecular weight excluding hydrogens is 242 g/mol. The number of amides is 2. The fraction of sp³-hybridized carbons (Fsp3) is 0.333. The average molecular weight is 254 g/mol. The molecule has 1 atom stereocenters. The van der Waals surface area contributed by atoms with Crippen LogP contribution in [-0.4, -0.2) is 29.3 Å². The monoisotopic (exact) mass is 254 g/mol. The van der Waals surface area contributed by atoms with Gasteiger partial charge in [0.1, 0.15) is 17.7 Å². The second kappa shape index (κ2) is 4.72. The summed E-state index contributed by atoms with van der Waals surface area (Å²) in [6, 6.07) is 2.40.